The van der Waals surface area contributed by atoms with Crippen molar-refractivity contribution in [3.8, 4) is 0 Å². The topological polar surface area (TPSA) is 117 Å². The molecule has 2 atom stereocenters. The number of phosphoric acid groups is 1. The van der Waals surface area contributed by atoms with Crippen molar-refractivity contribution in [2.45, 2.75) is 232 Å². The van der Waals surface area contributed by atoms with Crippen LogP contribution in [0.15, 0.2) is 36.5 Å². The van der Waals surface area contributed by atoms with Crippen LogP contribution >= 0.6 is 7.82 Å². The first-order valence-corrected chi connectivity index (χ1v) is 25.5. The lowest BCUT2D eigenvalue weighted by atomic mass is 10.1. The molecular formula is C48H92NO7P. The molecule has 2 unspecified atom stereocenters. The normalized spacial score (nSPS) is 13.7. The quantitative estimate of drug-likeness (QED) is 0.0270. The summed E-state index contributed by atoms with van der Waals surface area (Å²) in [5.41, 5.74) is 5.38. The van der Waals surface area contributed by atoms with Crippen molar-refractivity contribution in [1.29, 1.82) is 0 Å². The van der Waals surface area contributed by atoms with Crippen molar-refractivity contribution < 1.29 is 32.8 Å². The van der Waals surface area contributed by atoms with Crippen molar-refractivity contribution >= 4 is 13.8 Å². The summed E-state index contributed by atoms with van der Waals surface area (Å²) in [5, 5.41) is 0. The van der Waals surface area contributed by atoms with Crippen LogP contribution in [0.4, 0.5) is 0 Å². The number of carbonyl (C=O) groups is 1. The molecule has 0 aliphatic rings. The maximum atomic E-state index is 12.6. The second-order valence-corrected chi connectivity index (χ2v) is 17.4. The van der Waals surface area contributed by atoms with E-state index in [-0.39, 0.29) is 32.3 Å². The molecule has 0 amide bonds. The summed E-state index contributed by atoms with van der Waals surface area (Å²) in [5.74, 6) is -0.336. The Morgan fingerprint density at radius 2 is 0.930 bits per heavy atom. The zero-order valence-corrected chi connectivity index (χ0v) is 38.2. The number of rotatable bonds is 46. The van der Waals surface area contributed by atoms with Crippen molar-refractivity contribution in [1.82, 2.24) is 0 Å². The van der Waals surface area contributed by atoms with Gasteiger partial charge in [0.05, 0.1) is 19.8 Å². The second kappa shape index (κ2) is 45.8. The van der Waals surface area contributed by atoms with Crippen molar-refractivity contribution in [2.24, 2.45) is 5.73 Å². The number of hydrogen-bond donors (Lipinski definition) is 2. The molecule has 0 aromatic rings. The summed E-state index contributed by atoms with van der Waals surface area (Å²) in [6, 6.07) is 0. The molecule has 0 rings (SSSR count). The average Bonchev–Trinajstić information content (AvgIpc) is 3.20. The zero-order chi connectivity index (χ0) is 41.6. The summed E-state index contributed by atoms with van der Waals surface area (Å²) in [4.78, 5) is 22.5. The highest BCUT2D eigenvalue weighted by atomic mass is 31.2. The number of esters is 1. The molecular weight excluding hydrogens is 734 g/mol. The van der Waals surface area contributed by atoms with Crippen LogP contribution in [0.3, 0.4) is 0 Å². The van der Waals surface area contributed by atoms with Gasteiger partial charge in [0.1, 0.15) is 6.10 Å². The van der Waals surface area contributed by atoms with Gasteiger partial charge in [-0.15, -0.1) is 0 Å². The van der Waals surface area contributed by atoms with Gasteiger partial charge in [-0.25, -0.2) is 4.57 Å². The Balaban J connectivity index is 3.98. The smallest absolute Gasteiger partial charge is 0.457 e. The lowest BCUT2D eigenvalue weighted by Gasteiger charge is -2.20. The first kappa shape index (κ1) is 55.7. The summed E-state index contributed by atoms with van der Waals surface area (Å²) in [6.07, 6.45) is 53.1. The van der Waals surface area contributed by atoms with Crippen LogP contribution in [0.25, 0.3) is 0 Å². The number of allylic oxidation sites excluding steroid dienone is 6. The summed E-state index contributed by atoms with van der Waals surface area (Å²) in [7, 11) is -4.28. The van der Waals surface area contributed by atoms with Crippen LogP contribution in [0, 0.1) is 0 Å². The third-order valence-electron chi connectivity index (χ3n) is 10.3. The van der Waals surface area contributed by atoms with Gasteiger partial charge in [-0.1, -0.05) is 185 Å². The minimum absolute atomic E-state index is 0.0970. The zero-order valence-electron chi connectivity index (χ0n) is 37.3. The predicted molar refractivity (Wildman–Crippen MR) is 243 cm³/mol. The van der Waals surface area contributed by atoms with E-state index in [9.17, 15) is 14.3 Å². The van der Waals surface area contributed by atoms with Crippen LogP contribution in [0.5, 0.6) is 0 Å². The highest BCUT2D eigenvalue weighted by Crippen LogP contribution is 2.43. The maximum absolute atomic E-state index is 12.6. The van der Waals surface area contributed by atoms with Crippen molar-refractivity contribution in [3.05, 3.63) is 36.5 Å². The number of ether oxygens (including phenoxy) is 2. The Bertz CT molecular complexity index is 972. The summed E-state index contributed by atoms with van der Waals surface area (Å²) >= 11 is 0. The van der Waals surface area contributed by atoms with E-state index in [0.717, 1.165) is 44.9 Å². The number of carbonyl (C=O) groups excluding carboxylic acids is 1. The van der Waals surface area contributed by atoms with E-state index in [4.69, 9.17) is 24.3 Å². The summed E-state index contributed by atoms with van der Waals surface area (Å²) in [6.45, 7) is 4.92. The Morgan fingerprint density at radius 1 is 0.526 bits per heavy atom. The van der Waals surface area contributed by atoms with Gasteiger partial charge in [0, 0.05) is 19.6 Å². The largest absolute Gasteiger partial charge is 0.472 e. The fourth-order valence-electron chi connectivity index (χ4n) is 6.73. The molecule has 0 bridgehead atoms. The van der Waals surface area contributed by atoms with Crippen LogP contribution in [0.1, 0.15) is 226 Å². The van der Waals surface area contributed by atoms with E-state index < -0.39 is 13.9 Å². The molecule has 0 aliphatic heterocycles. The fourth-order valence-corrected chi connectivity index (χ4v) is 7.49. The Morgan fingerprint density at radius 3 is 1.40 bits per heavy atom. The number of unbranched alkanes of at least 4 members (excludes halogenated alkanes) is 27. The molecule has 9 heteroatoms. The third-order valence-corrected chi connectivity index (χ3v) is 11.3. The van der Waals surface area contributed by atoms with E-state index in [1.807, 2.05) is 0 Å². The Hall–Kier alpha value is -1.28. The molecule has 0 fully saturated rings. The standard InChI is InChI=1S/C48H92NO7P/c1-3-5-7-9-11-13-15-17-19-21-23-24-26-28-30-32-34-36-38-40-43-53-45-47(46-55-57(51,52)54-44-42-49)56-48(50)41-39-37-35-33-31-29-27-25-22-20-18-16-14-12-10-8-6-4-2/h14,16-17,19-20,22,47H,3-13,15,18,21,23-46,49H2,1-2H3,(H,51,52)/b16-14-,19-17-,22-20-. The molecule has 336 valence electrons. The van der Waals surface area contributed by atoms with Crippen LogP contribution in [-0.4, -0.2) is 49.9 Å². The van der Waals surface area contributed by atoms with Gasteiger partial charge >= 0.3 is 13.8 Å². The van der Waals surface area contributed by atoms with Crippen molar-refractivity contribution in [3.63, 3.8) is 0 Å². The van der Waals surface area contributed by atoms with Gasteiger partial charge in [-0.3, -0.25) is 13.8 Å². The molecule has 0 aromatic carbocycles. The first-order chi connectivity index (χ1) is 27.9. The monoisotopic (exact) mass is 826 g/mol. The van der Waals surface area contributed by atoms with E-state index in [0.29, 0.717) is 13.0 Å². The molecule has 8 nitrogen and oxygen atoms in total. The molecule has 57 heavy (non-hydrogen) atoms. The molecule has 0 saturated carbocycles. The first-order valence-electron chi connectivity index (χ1n) is 24.0. The van der Waals surface area contributed by atoms with E-state index in [1.165, 1.54) is 161 Å². The Labute approximate surface area is 352 Å². The number of nitrogens with two attached hydrogens (primary N) is 1. The Kier molecular flexibility index (Phi) is 44.8. The van der Waals surface area contributed by atoms with Gasteiger partial charge in [-0.05, 0) is 70.6 Å². The number of phosphoric ester groups is 1. The van der Waals surface area contributed by atoms with Crippen LogP contribution < -0.4 is 5.73 Å². The predicted octanol–water partition coefficient (Wildman–Crippen LogP) is 14.6. The summed E-state index contributed by atoms with van der Waals surface area (Å²) < 4.78 is 33.5. The average molecular weight is 826 g/mol. The molecule has 0 aliphatic carbocycles. The molecule has 0 radical (unpaired) electrons. The fraction of sp³-hybridized carbons (Fsp3) is 0.854. The number of hydrogen-bond acceptors (Lipinski definition) is 7. The van der Waals surface area contributed by atoms with Gasteiger partial charge in [0.15, 0.2) is 0 Å². The van der Waals surface area contributed by atoms with E-state index >= 15 is 0 Å². The SMILES string of the molecule is CCCCCC/C=C\C/C=C\CCCCCCCCCC(=O)OC(COCCCCCCCCCCCC/C=C\CCCCCCCC)COP(=O)(O)OCCN. The molecule has 0 heterocycles. The van der Waals surface area contributed by atoms with Gasteiger partial charge < -0.3 is 20.1 Å². The van der Waals surface area contributed by atoms with Gasteiger partial charge in [-0.2, -0.15) is 0 Å². The minimum atomic E-state index is -4.28. The van der Waals surface area contributed by atoms with Crippen LogP contribution in [-0.2, 0) is 27.9 Å². The van der Waals surface area contributed by atoms with Gasteiger partial charge in [0.2, 0.25) is 0 Å². The van der Waals surface area contributed by atoms with Crippen LogP contribution in [0.2, 0.25) is 0 Å². The van der Waals surface area contributed by atoms with Gasteiger partial charge in [0.25, 0.3) is 0 Å². The van der Waals surface area contributed by atoms with E-state index in [2.05, 4.69) is 50.3 Å². The molecule has 0 aromatic heterocycles. The third kappa shape index (κ3) is 45.7. The molecule has 0 saturated heterocycles. The lowest BCUT2D eigenvalue weighted by Crippen LogP contribution is -2.28. The maximum Gasteiger partial charge on any atom is 0.472 e. The highest BCUT2D eigenvalue weighted by molar-refractivity contribution is 7.47. The highest BCUT2D eigenvalue weighted by Gasteiger charge is 2.25. The minimum Gasteiger partial charge on any atom is -0.457 e. The molecule has 3 N–H and O–H groups in total. The molecule has 0 spiro atoms. The van der Waals surface area contributed by atoms with Crippen molar-refractivity contribution in [2.75, 3.05) is 33.0 Å². The second-order valence-electron chi connectivity index (χ2n) is 16.0. The lowest BCUT2D eigenvalue weighted by molar-refractivity contribution is -0.154. The van der Waals surface area contributed by atoms with E-state index in [1.54, 1.807) is 0 Å².